The molecule has 0 unspecified atom stereocenters. The number of rotatable bonds is 4. The molecule has 0 aliphatic rings. The molecular weight excluding hydrogens is 240 g/mol. The molecule has 0 aliphatic heterocycles. The zero-order valence-corrected chi connectivity index (χ0v) is 11.4. The fourth-order valence-electron chi connectivity index (χ4n) is 1.95. The highest BCUT2D eigenvalue weighted by molar-refractivity contribution is 5.89. The largest absolute Gasteiger partial charge is 0.309 e. The van der Waals surface area contributed by atoms with Gasteiger partial charge in [-0.1, -0.05) is 19.9 Å². The van der Waals surface area contributed by atoms with Crippen LogP contribution in [-0.4, -0.2) is 20.7 Å². The zero-order chi connectivity index (χ0) is 13.8. The summed E-state index contributed by atoms with van der Waals surface area (Å²) in [7, 11) is 0. The third-order valence-electron chi connectivity index (χ3n) is 2.84. The van der Waals surface area contributed by atoms with Crippen LogP contribution in [0.25, 0.3) is 0 Å². The van der Waals surface area contributed by atoms with E-state index in [1.54, 1.807) is 23.0 Å². The van der Waals surface area contributed by atoms with E-state index in [1.165, 1.54) is 5.56 Å². The van der Waals surface area contributed by atoms with Crippen molar-refractivity contribution in [2.24, 2.45) is 0 Å². The molecule has 5 heteroatoms. The molecule has 100 valence electrons. The van der Waals surface area contributed by atoms with Crippen LogP contribution in [0.2, 0.25) is 0 Å². The van der Waals surface area contributed by atoms with Gasteiger partial charge in [0.05, 0.1) is 5.69 Å². The van der Waals surface area contributed by atoms with E-state index in [2.05, 4.69) is 29.2 Å². The van der Waals surface area contributed by atoms with Crippen molar-refractivity contribution in [3.05, 3.63) is 41.9 Å². The van der Waals surface area contributed by atoms with Crippen LogP contribution in [0, 0.1) is 6.92 Å². The Hall–Kier alpha value is -2.17. The zero-order valence-electron chi connectivity index (χ0n) is 11.4. The molecule has 0 bridgehead atoms. The van der Waals surface area contributed by atoms with Gasteiger partial charge >= 0.3 is 0 Å². The maximum atomic E-state index is 11.9. The number of carbonyl (C=O) groups excluding carboxylic acids is 1. The summed E-state index contributed by atoms with van der Waals surface area (Å²) in [5.41, 5.74) is 2.14. The Morgan fingerprint density at radius 1 is 1.42 bits per heavy atom. The van der Waals surface area contributed by atoms with Crippen molar-refractivity contribution in [2.45, 2.75) is 33.2 Å². The summed E-state index contributed by atoms with van der Waals surface area (Å²) in [5, 5.41) is 7.09. The first-order valence-corrected chi connectivity index (χ1v) is 6.31. The first-order chi connectivity index (χ1) is 9.06. The molecule has 0 radical (unpaired) electrons. The average Bonchev–Trinajstić information content (AvgIpc) is 2.71. The molecule has 0 aromatic carbocycles. The lowest BCUT2D eigenvalue weighted by Crippen LogP contribution is -2.19. The first-order valence-electron chi connectivity index (χ1n) is 6.31. The standard InChI is InChI=1S/C14H18N4O/c1-10(2)12-8-18(17-11(12)3)9-14(19)16-13-6-4-5-7-15-13/h4-8,10H,9H2,1-3H3,(H,15,16,19). The molecule has 2 rings (SSSR count). The van der Waals surface area contributed by atoms with Gasteiger partial charge in [0.2, 0.25) is 5.91 Å². The Morgan fingerprint density at radius 3 is 2.79 bits per heavy atom. The van der Waals surface area contributed by atoms with Gasteiger partial charge in [0.1, 0.15) is 12.4 Å². The summed E-state index contributed by atoms with van der Waals surface area (Å²) in [4.78, 5) is 15.9. The van der Waals surface area contributed by atoms with Crippen molar-refractivity contribution in [3.8, 4) is 0 Å². The minimum atomic E-state index is -0.128. The second-order valence-electron chi connectivity index (χ2n) is 4.79. The van der Waals surface area contributed by atoms with E-state index in [9.17, 15) is 4.79 Å². The van der Waals surface area contributed by atoms with Crippen LogP contribution in [0.3, 0.4) is 0 Å². The van der Waals surface area contributed by atoms with Crippen LogP contribution >= 0.6 is 0 Å². The summed E-state index contributed by atoms with van der Waals surface area (Å²) in [6.45, 7) is 6.39. The third kappa shape index (κ3) is 3.40. The molecule has 0 spiro atoms. The van der Waals surface area contributed by atoms with Gasteiger partial charge < -0.3 is 5.32 Å². The minimum absolute atomic E-state index is 0.128. The van der Waals surface area contributed by atoms with E-state index < -0.39 is 0 Å². The molecule has 2 aromatic rings. The number of nitrogens with one attached hydrogen (secondary N) is 1. The molecular formula is C14H18N4O. The Kier molecular flexibility index (Phi) is 3.94. The van der Waals surface area contributed by atoms with E-state index in [0.29, 0.717) is 11.7 Å². The van der Waals surface area contributed by atoms with E-state index in [4.69, 9.17) is 0 Å². The molecule has 0 atom stereocenters. The maximum absolute atomic E-state index is 11.9. The van der Waals surface area contributed by atoms with E-state index >= 15 is 0 Å². The summed E-state index contributed by atoms with van der Waals surface area (Å²) in [5.74, 6) is 0.838. The summed E-state index contributed by atoms with van der Waals surface area (Å²) in [6, 6.07) is 5.39. The average molecular weight is 258 g/mol. The SMILES string of the molecule is Cc1nn(CC(=O)Nc2ccccn2)cc1C(C)C. The summed E-state index contributed by atoms with van der Waals surface area (Å²) < 4.78 is 1.67. The smallest absolute Gasteiger partial charge is 0.247 e. The quantitative estimate of drug-likeness (QED) is 0.915. The lowest BCUT2D eigenvalue weighted by Gasteiger charge is -2.04. The number of pyridine rings is 1. The van der Waals surface area contributed by atoms with Crippen LogP contribution in [0.1, 0.15) is 31.0 Å². The van der Waals surface area contributed by atoms with Crippen molar-refractivity contribution in [1.82, 2.24) is 14.8 Å². The van der Waals surface area contributed by atoms with Crippen LogP contribution in [-0.2, 0) is 11.3 Å². The molecule has 0 aliphatic carbocycles. The van der Waals surface area contributed by atoms with Gasteiger partial charge in [0.15, 0.2) is 0 Å². The first kappa shape index (κ1) is 13.3. The van der Waals surface area contributed by atoms with E-state index in [1.807, 2.05) is 19.2 Å². The number of nitrogens with zero attached hydrogens (tertiary/aromatic N) is 3. The van der Waals surface area contributed by atoms with Gasteiger partial charge in [-0.15, -0.1) is 0 Å². The number of anilines is 1. The highest BCUT2D eigenvalue weighted by Crippen LogP contribution is 2.17. The van der Waals surface area contributed by atoms with E-state index in [-0.39, 0.29) is 12.5 Å². The monoisotopic (exact) mass is 258 g/mol. The van der Waals surface area contributed by atoms with Crippen LogP contribution in [0.4, 0.5) is 5.82 Å². The Morgan fingerprint density at radius 2 is 2.21 bits per heavy atom. The second kappa shape index (κ2) is 5.65. The van der Waals surface area contributed by atoms with Crippen LogP contribution in [0.15, 0.2) is 30.6 Å². The fraction of sp³-hybridized carbons (Fsp3) is 0.357. The molecule has 0 fully saturated rings. The second-order valence-corrected chi connectivity index (χ2v) is 4.79. The normalized spacial score (nSPS) is 10.7. The Balaban J connectivity index is 2.01. The maximum Gasteiger partial charge on any atom is 0.247 e. The van der Waals surface area contributed by atoms with Gasteiger partial charge in [0, 0.05) is 12.4 Å². The number of aromatic nitrogens is 3. The van der Waals surface area contributed by atoms with Crippen LogP contribution < -0.4 is 5.32 Å². The molecule has 1 N–H and O–H groups in total. The van der Waals surface area contributed by atoms with Gasteiger partial charge in [0.25, 0.3) is 0 Å². The van der Waals surface area contributed by atoms with Gasteiger partial charge in [-0.05, 0) is 30.5 Å². The van der Waals surface area contributed by atoms with Gasteiger partial charge in [-0.25, -0.2) is 4.98 Å². The van der Waals surface area contributed by atoms with Crippen molar-refractivity contribution < 1.29 is 4.79 Å². The lowest BCUT2D eigenvalue weighted by molar-refractivity contribution is -0.116. The van der Waals surface area contributed by atoms with Crippen molar-refractivity contribution in [1.29, 1.82) is 0 Å². The van der Waals surface area contributed by atoms with Crippen molar-refractivity contribution in [3.63, 3.8) is 0 Å². The highest BCUT2D eigenvalue weighted by Gasteiger charge is 2.11. The highest BCUT2D eigenvalue weighted by atomic mass is 16.2. The van der Waals surface area contributed by atoms with E-state index in [0.717, 1.165) is 5.69 Å². The third-order valence-corrected chi connectivity index (χ3v) is 2.84. The molecule has 5 nitrogen and oxygen atoms in total. The summed E-state index contributed by atoms with van der Waals surface area (Å²) >= 11 is 0. The summed E-state index contributed by atoms with van der Waals surface area (Å²) in [6.07, 6.45) is 3.57. The lowest BCUT2D eigenvalue weighted by atomic mass is 10.1. The number of carbonyl (C=O) groups is 1. The van der Waals surface area contributed by atoms with Crippen LogP contribution in [0.5, 0.6) is 0 Å². The van der Waals surface area contributed by atoms with Crippen molar-refractivity contribution >= 4 is 11.7 Å². The minimum Gasteiger partial charge on any atom is -0.309 e. The van der Waals surface area contributed by atoms with Gasteiger partial charge in [-0.2, -0.15) is 5.10 Å². The van der Waals surface area contributed by atoms with Crippen molar-refractivity contribution in [2.75, 3.05) is 5.32 Å². The molecule has 2 heterocycles. The Labute approximate surface area is 112 Å². The molecule has 1 amide bonds. The molecule has 19 heavy (non-hydrogen) atoms. The predicted octanol–water partition coefficient (Wildman–Crippen LogP) is 2.35. The number of amides is 1. The number of hydrogen-bond acceptors (Lipinski definition) is 3. The Bertz CT molecular complexity index is 560. The predicted molar refractivity (Wildman–Crippen MR) is 73.9 cm³/mol. The molecule has 0 saturated carbocycles. The fourth-order valence-corrected chi connectivity index (χ4v) is 1.95. The van der Waals surface area contributed by atoms with Gasteiger partial charge in [-0.3, -0.25) is 9.48 Å². The number of hydrogen-bond donors (Lipinski definition) is 1. The topological polar surface area (TPSA) is 59.8 Å². The number of aryl methyl sites for hydroxylation is 1. The molecule has 2 aromatic heterocycles. The molecule has 0 saturated heterocycles.